The van der Waals surface area contributed by atoms with Crippen LogP contribution in [0.5, 0.6) is 46.0 Å². The van der Waals surface area contributed by atoms with Crippen molar-refractivity contribution < 1.29 is 113 Å². The number of amides is 7. The minimum atomic E-state index is -2.35. The summed E-state index contributed by atoms with van der Waals surface area (Å²) in [5.41, 5.74) is 8.79. The van der Waals surface area contributed by atoms with Crippen LogP contribution >= 0.6 is 57.9 Å². The van der Waals surface area contributed by atoms with Crippen molar-refractivity contribution in [3.63, 3.8) is 0 Å². The van der Waals surface area contributed by atoms with Crippen LogP contribution < -0.4 is 62.9 Å². The Labute approximate surface area is 654 Å². The van der Waals surface area contributed by atoms with E-state index in [1.807, 2.05) is 13.8 Å². The average Bonchev–Trinajstić information content (AvgIpc) is 1.27. The summed E-state index contributed by atoms with van der Waals surface area (Å²) in [5.74, 6) is -16.0. The number of nitrogens with one attached hydrogen (secondary N) is 7. The standard InChI is InChI=1S/C73H77Cl3N10O23S2/c1-26(2)14-39(79-5)64(96)85-55-57(91)29-7-11-43(36(75)16-29)105-45-18-31-19-46(61(45)109-71-62(108-50-24-73(4,78)63(95)27(3)104-50)60(94)59(93)47(107-71)25-110-72-81-38-20-32(74)9-13-48(38)111-72)106-44-12-8-30(17-37(44)76)58(92)56-69(101)84-54(70(102)103)35-21-33(87)22-42(89)51(35)34-15-28(6-10-41(34)88)52(66(98)86-56)83-67(99)53(31)82-65(97)40(23-49(77)90)80-68(55)100/h6-13,15-22,26-27,39-40,47,50,52-60,62-63,71,79,87-89,91-95H,14,23-25,78H2,1-5H3,(H2,77,90)(H,80,100)(H,82,97)(H,83,99)(H,84,101)(H,85,96)(H,86,98)(H,102,103)/t27-,39+,40-,47+,50-,52+,53?,54-,55+,56?,57+,58+,59+,60-,62+,63+,71-,73-/m0/s1. The highest BCUT2D eigenvalue weighted by molar-refractivity contribution is 8.01. The second-order valence-electron chi connectivity index (χ2n) is 27.9. The second-order valence-corrected chi connectivity index (χ2v) is 31.5. The fraction of sp³-hybridized carbons (Fsp3) is 0.384. The van der Waals surface area contributed by atoms with Crippen molar-refractivity contribution >= 4 is 115 Å². The number of phenolic OH excluding ortho intramolecular Hbond substituents is 3. The number of phenols is 3. The first-order valence-electron chi connectivity index (χ1n) is 34.6. The van der Waals surface area contributed by atoms with E-state index in [1.54, 1.807) is 18.2 Å². The SMILES string of the molecule is CN[C@H](CC(C)C)C(=O)N[C@H]1C(=O)N[C@@H](CC(N)=O)C(=O)NC2C(=O)N[C@H]3C(=O)NC(C(=O)N[C@H](C(=O)O)c4cc(O)cc(O)c4-c4cc3ccc4O)[C@H](O)c3ccc(c(Cl)c3)Oc3cc2cc(c3O[C@@H]2O[C@H](CSc3nc4cc(Cl)ccc4s3)[C@@H](O)[C@H](O)[C@H]2O[C@H]2C[C@](C)(N)[C@H](O)[C@H](C)O2)Oc2ccc(cc2Cl)[C@H]1O. The van der Waals surface area contributed by atoms with Gasteiger partial charge >= 0.3 is 5.97 Å². The number of ether oxygens (including phenoxy) is 6. The minimum Gasteiger partial charge on any atom is -0.508 e. The Bertz CT molecular complexity index is 4830. The number of nitrogens with zero attached hydrogens (tertiary/aromatic N) is 1. The molecule has 20 N–H and O–H groups in total. The summed E-state index contributed by atoms with van der Waals surface area (Å²) in [7, 11) is 1.48. The van der Waals surface area contributed by atoms with E-state index in [-0.39, 0.29) is 57.7 Å². The van der Waals surface area contributed by atoms with E-state index in [0.29, 0.717) is 14.9 Å². The van der Waals surface area contributed by atoms with Crippen LogP contribution in [0.1, 0.15) is 105 Å². The lowest BCUT2D eigenvalue weighted by Crippen LogP contribution is -2.64. The molecule has 2 unspecified atom stereocenters. The smallest absolute Gasteiger partial charge is 0.330 e. The highest BCUT2D eigenvalue weighted by atomic mass is 35.5. The molecule has 2 fully saturated rings. The molecule has 14 rings (SSSR count). The number of carbonyl (C=O) groups excluding carboxylic acids is 7. The Morgan fingerprint density at radius 2 is 1.37 bits per heavy atom. The van der Waals surface area contributed by atoms with Gasteiger partial charge in [-0.25, -0.2) is 9.78 Å². The van der Waals surface area contributed by atoms with Gasteiger partial charge in [0.15, 0.2) is 34.3 Å². The molecule has 1 aromatic heterocycles. The van der Waals surface area contributed by atoms with E-state index in [4.69, 9.17) is 74.7 Å². The lowest BCUT2D eigenvalue weighted by Gasteiger charge is -2.47. The molecule has 8 heterocycles. The van der Waals surface area contributed by atoms with Crippen LogP contribution in [0.4, 0.5) is 0 Å². The number of hydrogen-bond donors (Lipinski definition) is 18. The van der Waals surface area contributed by atoms with Gasteiger partial charge in [-0.2, -0.15) is 0 Å². The van der Waals surface area contributed by atoms with Crippen molar-refractivity contribution in [2.75, 3.05) is 12.8 Å². The molecule has 7 aromatic rings. The predicted octanol–water partition coefficient (Wildman–Crippen LogP) is 4.17. The molecule has 0 spiro atoms. The van der Waals surface area contributed by atoms with E-state index < -0.39 is 225 Å². The first-order chi connectivity index (χ1) is 52.5. The maximum atomic E-state index is 16.2. The number of rotatable bonds is 15. The zero-order valence-corrected chi connectivity index (χ0v) is 63.2. The highest BCUT2D eigenvalue weighted by Crippen LogP contribution is 2.50. The zero-order valence-electron chi connectivity index (χ0n) is 59.3. The van der Waals surface area contributed by atoms with Crippen LogP contribution in [-0.4, -0.2) is 190 Å². The number of aromatic hydroxyl groups is 3. The number of benzene rings is 6. The molecule has 38 heteroatoms. The quantitative estimate of drug-likeness (QED) is 0.0640. The van der Waals surface area contributed by atoms with E-state index in [1.165, 1.54) is 50.4 Å². The first kappa shape index (κ1) is 81.1. The largest absolute Gasteiger partial charge is 0.508 e. The molecule has 0 saturated carbocycles. The fourth-order valence-corrected chi connectivity index (χ4v) is 16.3. The Morgan fingerprint density at radius 3 is 2.00 bits per heavy atom. The van der Waals surface area contributed by atoms with Gasteiger partial charge in [-0.3, -0.25) is 33.6 Å². The predicted molar refractivity (Wildman–Crippen MR) is 398 cm³/mol. The number of halogens is 3. The Morgan fingerprint density at radius 1 is 0.730 bits per heavy atom. The molecule has 6 aromatic carbocycles. The summed E-state index contributed by atoms with van der Waals surface area (Å²) in [5, 5.41) is 123. The number of carboxylic acids is 1. The van der Waals surface area contributed by atoms with Gasteiger partial charge in [0.05, 0.1) is 51.0 Å². The Hall–Kier alpha value is -9.41. The number of hydrogen-bond acceptors (Lipinski definition) is 27. The van der Waals surface area contributed by atoms with Gasteiger partial charge in [-0.05, 0) is 128 Å². The van der Waals surface area contributed by atoms with E-state index >= 15 is 14.4 Å². The lowest BCUT2D eigenvalue weighted by molar-refractivity contribution is -0.329. The van der Waals surface area contributed by atoms with Crippen molar-refractivity contribution in [1.29, 1.82) is 0 Å². The summed E-state index contributed by atoms with van der Waals surface area (Å²) in [6.45, 7) is 6.70. The monoisotopic (exact) mass is 1630 g/mol. The lowest BCUT2D eigenvalue weighted by atomic mass is 9.86. The van der Waals surface area contributed by atoms with Gasteiger partial charge < -0.3 is 123 Å². The van der Waals surface area contributed by atoms with Crippen LogP contribution in [0.15, 0.2) is 101 Å². The van der Waals surface area contributed by atoms with E-state index in [2.05, 4.69) is 42.2 Å². The summed E-state index contributed by atoms with van der Waals surface area (Å²) in [4.78, 5) is 123. The normalized spacial score (nSPS) is 27.9. The third-order valence-corrected chi connectivity index (χ3v) is 22.4. The number of likely N-dealkylation sites (N-methyl/N-ethyl adjacent to an activating group) is 1. The van der Waals surface area contributed by atoms with Crippen molar-refractivity contribution in [3.8, 4) is 57.1 Å². The number of carbonyl (C=O) groups is 8. The van der Waals surface area contributed by atoms with E-state index in [9.17, 15) is 69.9 Å². The summed E-state index contributed by atoms with van der Waals surface area (Å²) < 4.78 is 41.0. The summed E-state index contributed by atoms with van der Waals surface area (Å²) >= 11 is 23.1. The fourth-order valence-electron chi connectivity index (χ4n) is 13.6. The van der Waals surface area contributed by atoms with E-state index in [0.717, 1.165) is 77.1 Å². The number of aliphatic hydroxyl groups is 5. The molecule has 111 heavy (non-hydrogen) atoms. The number of thioether (sulfide) groups is 1. The van der Waals surface area contributed by atoms with Crippen LogP contribution in [0.2, 0.25) is 15.1 Å². The van der Waals surface area contributed by atoms with Crippen LogP contribution in [0.25, 0.3) is 21.3 Å². The molecular formula is C73H77Cl3N10O23S2. The van der Waals surface area contributed by atoms with Crippen LogP contribution in [0, 0.1) is 5.92 Å². The van der Waals surface area contributed by atoms with Crippen molar-refractivity contribution in [3.05, 3.63) is 140 Å². The number of thiazole rings is 1. The maximum Gasteiger partial charge on any atom is 0.330 e. The Kier molecular flexibility index (Phi) is 24.2. The van der Waals surface area contributed by atoms with Crippen LogP contribution in [0.3, 0.4) is 0 Å². The molecule has 33 nitrogen and oxygen atoms in total. The number of aliphatic hydroxyl groups excluding tert-OH is 5. The molecule has 0 radical (unpaired) electrons. The number of primary amides is 1. The number of fused-ring (bicyclic) bond motifs is 16. The second kappa shape index (κ2) is 33.1. The topological polar surface area (TPSA) is 523 Å². The third-order valence-electron chi connectivity index (χ3n) is 19.3. The van der Waals surface area contributed by atoms with Crippen molar-refractivity contribution in [1.82, 2.24) is 42.2 Å². The molecular weight excluding hydrogens is 1560 g/mol. The zero-order chi connectivity index (χ0) is 80.1. The number of nitrogens with two attached hydrogens (primary N) is 2. The molecule has 11 bridgehead atoms. The van der Waals surface area contributed by atoms with Gasteiger partial charge in [-0.15, -0.1) is 11.3 Å². The number of aliphatic carboxylic acids is 1. The molecule has 0 aliphatic carbocycles. The van der Waals surface area contributed by atoms with Crippen molar-refractivity contribution in [2.45, 2.75) is 161 Å². The molecule has 7 aliphatic rings. The molecule has 7 aliphatic heterocycles. The highest BCUT2D eigenvalue weighted by Gasteiger charge is 2.52. The van der Waals surface area contributed by atoms with Crippen molar-refractivity contribution in [2.24, 2.45) is 17.4 Å². The van der Waals surface area contributed by atoms with Gasteiger partial charge in [0, 0.05) is 45.5 Å². The molecule has 18 atom stereocenters. The Balaban J connectivity index is 1.09. The minimum absolute atomic E-state index is 0.102. The van der Waals surface area contributed by atoms with Gasteiger partial charge in [-0.1, -0.05) is 78.6 Å². The first-order valence-corrected chi connectivity index (χ1v) is 37.5. The third kappa shape index (κ3) is 17.5. The summed E-state index contributed by atoms with van der Waals surface area (Å²) in [6, 6.07) is 4.70. The van der Waals surface area contributed by atoms with Gasteiger partial charge in [0.25, 0.3) is 0 Å². The molecule has 7 amide bonds. The number of carboxylic acid groups (broad SMARTS) is 1. The number of aromatic nitrogens is 1. The maximum absolute atomic E-state index is 16.2. The van der Waals surface area contributed by atoms with Crippen LogP contribution in [-0.2, 0) is 52.6 Å². The molecule has 2 saturated heterocycles. The molecule has 590 valence electrons. The average molecular weight is 1630 g/mol. The van der Waals surface area contributed by atoms with Gasteiger partial charge in [0.1, 0.15) is 83.4 Å². The summed E-state index contributed by atoms with van der Waals surface area (Å²) in [6.07, 6.45) is -18.0. The van der Waals surface area contributed by atoms with Gasteiger partial charge in [0.2, 0.25) is 53.4 Å².